The average molecular weight is 449 g/mol. The minimum absolute atomic E-state index is 0.0523. The maximum atomic E-state index is 11.9. The first-order chi connectivity index (χ1) is 15.1. The molecular weight excluding hydrogens is 400 g/mol. The molecule has 0 aliphatic heterocycles. The van der Waals surface area contributed by atoms with Crippen molar-refractivity contribution in [1.82, 2.24) is 0 Å². The molecule has 0 rings (SSSR count). The number of hydrogen-bond donors (Lipinski definition) is 0. The molecule has 0 spiro atoms. The van der Waals surface area contributed by atoms with E-state index in [1.807, 2.05) is 6.92 Å². The summed E-state index contributed by atoms with van der Waals surface area (Å²) in [4.78, 5) is 23.7. The molecule has 32 heavy (non-hydrogen) atoms. The first-order valence-corrected chi connectivity index (χ1v) is 12.4. The van der Waals surface area contributed by atoms with Crippen molar-refractivity contribution >= 4 is 11.9 Å². The van der Waals surface area contributed by atoms with Gasteiger partial charge in [-0.15, -0.1) is 0 Å². The van der Waals surface area contributed by atoms with Crippen molar-refractivity contribution in [2.75, 3.05) is 6.61 Å². The van der Waals surface area contributed by atoms with Gasteiger partial charge in [0.2, 0.25) is 0 Å². The summed E-state index contributed by atoms with van der Waals surface area (Å²) in [6.45, 7) is 15.4. The van der Waals surface area contributed by atoms with Gasteiger partial charge in [0.1, 0.15) is 0 Å². The second-order valence-corrected chi connectivity index (χ2v) is 9.83. The molecule has 0 heterocycles. The number of esters is 2. The highest BCUT2D eigenvalue weighted by Crippen LogP contribution is 2.17. The van der Waals surface area contributed by atoms with Gasteiger partial charge in [-0.05, 0) is 82.6 Å². The van der Waals surface area contributed by atoms with E-state index in [4.69, 9.17) is 9.47 Å². The monoisotopic (exact) mass is 448 g/mol. The normalized spacial score (nSPS) is 13.8. The van der Waals surface area contributed by atoms with E-state index in [2.05, 4.69) is 59.8 Å². The molecule has 0 aromatic rings. The molecule has 0 saturated carbocycles. The molecule has 4 heteroatoms. The van der Waals surface area contributed by atoms with E-state index in [0.29, 0.717) is 24.4 Å². The quantitative estimate of drug-likeness (QED) is 0.129. The first kappa shape index (κ1) is 30.2. The zero-order chi connectivity index (χ0) is 24.4. The summed E-state index contributed by atoms with van der Waals surface area (Å²) < 4.78 is 10.4. The lowest BCUT2D eigenvalue weighted by Crippen LogP contribution is -2.11. The number of hydrogen-bond acceptors (Lipinski definition) is 4. The molecule has 184 valence electrons. The van der Waals surface area contributed by atoms with Gasteiger partial charge < -0.3 is 9.47 Å². The topological polar surface area (TPSA) is 52.6 Å². The Balaban J connectivity index is 3.89. The zero-order valence-corrected chi connectivity index (χ0v) is 21.7. The number of ether oxygens (including phenoxy) is 2. The third-order valence-electron chi connectivity index (χ3n) is 5.34. The van der Waals surface area contributed by atoms with Crippen LogP contribution in [0.1, 0.15) is 106 Å². The van der Waals surface area contributed by atoms with Crippen molar-refractivity contribution in [1.29, 1.82) is 0 Å². The molecule has 0 fully saturated rings. The Morgan fingerprint density at radius 3 is 2.19 bits per heavy atom. The van der Waals surface area contributed by atoms with Gasteiger partial charge in [0.05, 0.1) is 25.7 Å². The number of allylic oxidation sites excluding steroid dienone is 5. The molecule has 0 saturated heterocycles. The summed E-state index contributed by atoms with van der Waals surface area (Å²) in [6.07, 6.45) is 15.7. The minimum atomic E-state index is -0.386. The van der Waals surface area contributed by atoms with Gasteiger partial charge in [0.25, 0.3) is 0 Å². The Morgan fingerprint density at radius 2 is 1.53 bits per heavy atom. The zero-order valence-electron chi connectivity index (χ0n) is 21.7. The highest BCUT2D eigenvalue weighted by atomic mass is 16.5. The van der Waals surface area contributed by atoms with Crippen LogP contribution >= 0.6 is 0 Å². The van der Waals surface area contributed by atoms with E-state index in [-0.39, 0.29) is 24.8 Å². The molecular formula is C28H48O4. The van der Waals surface area contributed by atoms with Crippen molar-refractivity contribution < 1.29 is 19.1 Å². The Morgan fingerprint density at radius 1 is 0.844 bits per heavy atom. The predicted octanol–water partition coefficient (Wildman–Crippen LogP) is 7.94. The van der Waals surface area contributed by atoms with Gasteiger partial charge >= 0.3 is 11.9 Å². The Bertz CT molecular complexity index is 609. The van der Waals surface area contributed by atoms with E-state index in [0.717, 1.165) is 37.7 Å². The number of carbonyl (C=O) groups excluding carboxylic acids is 2. The second-order valence-electron chi connectivity index (χ2n) is 9.83. The summed E-state index contributed by atoms with van der Waals surface area (Å²) in [5.41, 5.74) is 2.43. The molecule has 2 unspecified atom stereocenters. The van der Waals surface area contributed by atoms with Crippen LogP contribution in [0, 0.1) is 17.8 Å². The summed E-state index contributed by atoms with van der Waals surface area (Å²) in [7, 11) is 0. The molecule has 0 radical (unpaired) electrons. The Hall–Kier alpha value is -1.84. The minimum Gasteiger partial charge on any atom is -0.466 e. The van der Waals surface area contributed by atoms with Gasteiger partial charge in [-0.25, -0.2) is 0 Å². The summed E-state index contributed by atoms with van der Waals surface area (Å²) >= 11 is 0. The molecule has 0 aromatic carbocycles. The van der Waals surface area contributed by atoms with Crippen molar-refractivity contribution in [2.24, 2.45) is 17.8 Å². The van der Waals surface area contributed by atoms with E-state index in [1.165, 1.54) is 24.7 Å². The van der Waals surface area contributed by atoms with E-state index >= 15 is 0 Å². The van der Waals surface area contributed by atoms with E-state index in [1.54, 1.807) is 0 Å². The molecule has 0 N–H and O–H groups in total. The molecule has 0 aliphatic rings. The van der Waals surface area contributed by atoms with Crippen molar-refractivity contribution in [2.45, 2.75) is 106 Å². The van der Waals surface area contributed by atoms with Crippen LogP contribution in [-0.4, -0.2) is 18.5 Å². The first-order valence-electron chi connectivity index (χ1n) is 12.4. The summed E-state index contributed by atoms with van der Waals surface area (Å²) in [6, 6.07) is 0. The van der Waals surface area contributed by atoms with Crippen LogP contribution in [0.15, 0.2) is 35.6 Å². The lowest BCUT2D eigenvalue weighted by atomic mass is 9.97. The fourth-order valence-corrected chi connectivity index (χ4v) is 3.17. The largest absolute Gasteiger partial charge is 0.466 e. The number of rotatable bonds is 17. The Labute approximate surface area is 197 Å². The van der Waals surface area contributed by atoms with Crippen molar-refractivity contribution in [3.63, 3.8) is 0 Å². The molecule has 2 atom stereocenters. The van der Waals surface area contributed by atoms with Gasteiger partial charge in [0.15, 0.2) is 0 Å². The van der Waals surface area contributed by atoms with Gasteiger partial charge in [-0.2, -0.15) is 0 Å². The fraction of sp³-hybridized carbons (Fsp3) is 0.714. The van der Waals surface area contributed by atoms with E-state index < -0.39 is 0 Å². The third kappa shape index (κ3) is 20.1. The predicted molar refractivity (Wildman–Crippen MR) is 134 cm³/mol. The maximum absolute atomic E-state index is 11.9. The molecule has 0 bridgehead atoms. The van der Waals surface area contributed by atoms with Crippen LogP contribution < -0.4 is 0 Å². The molecule has 4 nitrogen and oxygen atoms in total. The molecule has 0 amide bonds. The highest BCUT2D eigenvalue weighted by molar-refractivity contribution is 5.77. The molecule has 0 aromatic heterocycles. The second kappa shape index (κ2) is 18.7. The van der Waals surface area contributed by atoms with Crippen LogP contribution in [0.5, 0.6) is 0 Å². The lowest BCUT2D eigenvalue weighted by Gasteiger charge is -2.10. The Kier molecular flexibility index (Phi) is 17.6. The maximum Gasteiger partial charge on any atom is 0.311 e. The van der Waals surface area contributed by atoms with Gasteiger partial charge in [-0.3, -0.25) is 9.59 Å². The third-order valence-corrected chi connectivity index (χ3v) is 5.34. The highest BCUT2D eigenvalue weighted by Gasteiger charge is 2.10. The van der Waals surface area contributed by atoms with Gasteiger partial charge in [-0.1, -0.05) is 57.9 Å². The standard InChI is InChI=1S/C28H48O4/c1-22(2)11-8-13-24(5)15-10-16-26(7)21-32-28(30)18-17-27(29)31-20-19-25(6)14-9-12-23(3)4/h9,11-12,21,23-25H,8,10,13-20H2,1-7H3. The fourth-order valence-electron chi connectivity index (χ4n) is 3.17. The number of carbonyl (C=O) groups is 2. The van der Waals surface area contributed by atoms with Crippen molar-refractivity contribution in [3.8, 4) is 0 Å². The van der Waals surface area contributed by atoms with Crippen LogP contribution in [-0.2, 0) is 19.1 Å². The average Bonchev–Trinajstić information content (AvgIpc) is 2.70. The SMILES string of the molecule is CC(C)=CCCC(C)CCCC(C)=COC(=O)CCC(=O)OCCC(C)CC=CC(C)C. The van der Waals surface area contributed by atoms with Crippen LogP contribution in [0.25, 0.3) is 0 Å². The van der Waals surface area contributed by atoms with Crippen LogP contribution in [0.4, 0.5) is 0 Å². The summed E-state index contributed by atoms with van der Waals surface area (Å²) in [5.74, 6) is 1.01. The van der Waals surface area contributed by atoms with Crippen molar-refractivity contribution in [3.05, 3.63) is 35.6 Å². The van der Waals surface area contributed by atoms with E-state index in [9.17, 15) is 9.59 Å². The summed E-state index contributed by atoms with van der Waals surface area (Å²) in [5, 5.41) is 0. The molecule has 0 aliphatic carbocycles. The van der Waals surface area contributed by atoms with Gasteiger partial charge in [0, 0.05) is 0 Å². The lowest BCUT2D eigenvalue weighted by molar-refractivity contribution is -0.148. The smallest absolute Gasteiger partial charge is 0.311 e. The van der Waals surface area contributed by atoms with Crippen LogP contribution in [0.2, 0.25) is 0 Å². The van der Waals surface area contributed by atoms with Crippen LogP contribution in [0.3, 0.4) is 0 Å².